The molecule has 8 nitrogen and oxygen atoms in total. The molecule has 0 saturated heterocycles. The van der Waals surface area contributed by atoms with Gasteiger partial charge in [0.15, 0.2) is 0 Å². The van der Waals surface area contributed by atoms with Crippen molar-refractivity contribution in [3.63, 3.8) is 0 Å². The molecule has 0 atom stereocenters. The van der Waals surface area contributed by atoms with E-state index in [-0.39, 0.29) is 16.6 Å². The summed E-state index contributed by atoms with van der Waals surface area (Å²) in [5.41, 5.74) is 0.641. The number of anilines is 1. The molecule has 1 aliphatic rings. The van der Waals surface area contributed by atoms with Gasteiger partial charge < -0.3 is 19.2 Å². The van der Waals surface area contributed by atoms with E-state index in [1.54, 1.807) is 48.7 Å². The van der Waals surface area contributed by atoms with Crippen LogP contribution in [0.5, 0.6) is 11.5 Å². The van der Waals surface area contributed by atoms with Gasteiger partial charge in [-0.1, -0.05) is 12.1 Å². The fourth-order valence-corrected chi connectivity index (χ4v) is 4.83. The summed E-state index contributed by atoms with van der Waals surface area (Å²) in [6.45, 7) is 0.327. The zero-order valence-electron chi connectivity index (χ0n) is 17.8. The van der Waals surface area contributed by atoms with Crippen molar-refractivity contribution in [2.75, 3.05) is 18.9 Å². The van der Waals surface area contributed by atoms with Crippen LogP contribution >= 0.6 is 0 Å². The summed E-state index contributed by atoms with van der Waals surface area (Å²) in [4.78, 5) is 12.7. The molecule has 0 bridgehead atoms. The monoisotopic (exact) mass is 456 g/mol. The van der Waals surface area contributed by atoms with Gasteiger partial charge in [-0.25, -0.2) is 8.42 Å². The number of ether oxygens (including phenoxy) is 2. The predicted octanol–water partition coefficient (Wildman–Crippen LogP) is 3.45. The minimum absolute atomic E-state index is 0.0283. The number of benzene rings is 2. The van der Waals surface area contributed by atoms with Crippen LogP contribution in [0.25, 0.3) is 0 Å². The van der Waals surface area contributed by atoms with E-state index in [1.807, 2.05) is 0 Å². The first-order chi connectivity index (χ1) is 15.4. The second-order valence-electron chi connectivity index (χ2n) is 7.54. The second kappa shape index (κ2) is 8.58. The highest BCUT2D eigenvalue weighted by Crippen LogP contribution is 2.48. The molecule has 32 heavy (non-hydrogen) atoms. The smallest absolute Gasteiger partial charge is 0.265 e. The Morgan fingerprint density at radius 2 is 1.81 bits per heavy atom. The van der Waals surface area contributed by atoms with Crippen LogP contribution in [0.15, 0.2) is 70.2 Å². The van der Waals surface area contributed by atoms with Crippen LogP contribution < -0.4 is 19.5 Å². The van der Waals surface area contributed by atoms with Crippen LogP contribution in [0.3, 0.4) is 0 Å². The van der Waals surface area contributed by atoms with Crippen LogP contribution in [0.1, 0.15) is 24.2 Å². The van der Waals surface area contributed by atoms with E-state index < -0.39 is 15.4 Å². The van der Waals surface area contributed by atoms with Gasteiger partial charge in [0.05, 0.1) is 32.4 Å². The number of hydrogen-bond acceptors (Lipinski definition) is 6. The molecule has 2 N–H and O–H groups in total. The summed E-state index contributed by atoms with van der Waals surface area (Å²) in [6.07, 6.45) is 3.04. The third-order valence-electron chi connectivity index (χ3n) is 5.54. The minimum atomic E-state index is -3.92. The van der Waals surface area contributed by atoms with Gasteiger partial charge >= 0.3 is 0 Å². The Morgan fingerprint density at radius 3 is 2.41 bits per heavy atom. The lowest BCUT2D eigenvalue weighted by molar-refractivity contribution is -0.123. The van der Waals surface area contributed by atoms with E-state index in [2.05, 4.69) is 10.0 Å². The summed E-state index contributed by atoms with van der Waals surface area (Å²) in [6, 6.07) is 15.0. The molecule has 1 aromatic heterocycles. The number of hydrogen-bond donors (Lipinski definition) is 2. The van der Waals surface area contributed by atoms with Crippen molar-refractivity contribution in [1.29, 1.82) is 0 Å². The van der Waals surface area contributed by atoms with Crippen molar-refractivity contribution in [2.45, 2.75) is 29.7 Å². The Labute approximate surface area is 186 Å². The molecule has 0 unspecified atom stereocenters. The summed E-state index contributed by atoms with van der Waals surface area (Å²) in [5.74, 6) is 1.23. The van der Waals surface area contributed by atoms with Crippen molar-refractivity contribution in [3.05, 3.63) is 72.2 Å². The Bertz CT molecular complexity index is 1200. The van der Waals surface area contributed by atoms with Crippen LogP contribution in [0.4, 0.5) is 5.69 Å². The van der Waals surface area contributed by atoms with Crippen LogP contribution in [-0.2, 0) is 26.8 Å². The summed E-state index contributed by atoms with van der Waals surface area (Å²) >= 11 is 0. The largest absolute Gasteiger partial charge is 0.497 e. The number of carbonyl (C=O) groups excluding carboxylic acids is 1. The molecule has 0 spiro atoms. The molecule has 0 aliphatic heterocycles. The maximum Gasteiger partial charge on any atom is 0.265 e. The summed E-state index contributed by atoms with van der Waals surface area (Å²) < 4.78 is 44.0. The Kier molecular flexibility index (Phi) is 5.84. The molecule has 9 heteroatoms. The lowest BCUT2D eigenvalue weighted by Gasteiger charge is -2.17. The quantitative estimate of drug-likeness (QED) is 0.511. The highest BCUT2D eigenvalue weighted by Gasteiger charge is 2.51. The number of rotatable bonds is 9. The summed E-state index contributed by atoms with van der Waals surface area (Å²) in [5, 5.41) is 2.91. The normalized spacial score (nSPS) is 14.4. The standard InChI is InChI=1S/C23H24N2O6S/c1-29-18-9-10-20(30-2)21(14-18)32(27,28)25-17-7-5-16(6-8-17)23(11-12-23)22(26)24-15-19-4-3-13-31-19/h3-10,13-14,25H,11-12,15H2,1-2H3,(H,24,26). The minimum Gasteiger partial charge on any atom is -0.497 e. The first-order valence-electron chi connectivity index (χ1n) is 10.0. The molecule has 0 radical (unpaired) electrons. The molecule has 1 amide bonds. The van der Waals surface area contributed by atoms with Gasteiger partial charge in [-0.15, -0.1) is 0 Å². The van der Waals surface area contributed by atoms with Gasteiger partial charge in [0, 0.05) is 11.8 Å². The highest BCUT2D eigenvalue weighted by atomic mass is 32.2. The van der Waals surface area contributed by atoms with Gasteiger partial charge in [-0.2, -0.15) is 0 Å². The SMILES string of the molecule is COc1ccc(OC)c(S(=O)(=O)Nc2ccc(C3(C(=O)NCc4ccco4)CC3)cc2)c1. The van der Waals surface area contributed by atoms with Gasteiger partial charge in [-0.05, 0) is 54.8 Å². The molecular formula is C23H24N2O6S. The first-order valence-corrected chi connectivity index (χ1v) is 11.5. The zero-order chi connectivity index (χ0) is 22.8. The molecule has 1 aliphatic carbocycles. The van der Waals surface area contributed by atoms with Crippen LogP contribution in [-0.4, -0.2) is 28.5 Å². The number of carbonyl (C=O) groups is 1. The maximum absolute atomic E-state index is 12.9. The number of sulfonamides is 1. The lowest BCUT2D eigenvalue weighted by Crippen LogP contribution is -2.34. The van der Waals surface area contributed by atoms with Crippen LogP contribution in [0, 0.1) is 0 Å². The number of nitrogens with one attached hydrogen (secondary N) is 2. The van der Waals surface area contributed by atoms with Gasteiger partial charge in [0.25, 0.3) is 10.0 Å². The van der Waals surface area contributed by atoms with Crippen molar-refractivity contribution < 1.29 is 27.1 Å². The number of methoxy groups -OCH3 is 2. The first kappa shape index (κ1) is 21.8. The van der Waals surface area contributed by atoms with E-state index >= 15 is 0 Å². The second-order valence-corrected chi connectivity index (χ2v) is 9.19. The van der Waals surface area contributed by atoms with Crippen molar-refractivity contribution >= 4 is 21.6 Å². The average Bonchev–Trinajstić information content (AvgIpc) is 3.45. The molecule has 4 rings (SSSR count). The fourth-order valence-electron chi connectivity index (χ4n) is 3.58. The van der Waals surface area contributed by atoms with Crippen molar-refractivity contribution in [2.24, 2.45) is 0 Å². The summed E-state index contributed by atoms with van der Waals surface area (Å²) in [7, 11) is -1.05. The van der Waals surface area contributed by atoms with Crippen LogP contribution in [0.2, 0.25) is 0 Å². The van der Waals surface area contributed by atoms with Gasteiger partial charge in [-0.3, -0.25) is 9.52 Å². The van der Waals surface area contributed by atoms with E-state index in [4.69, 9.17) is 13.9 Å². The van der Waals surface area contributed by atoms with E-state index in [1.165, 1.54) is 26.4 Å². The highest BCUT2D eigenvalue weighted by molar-refractivity contribution is 7.92. The van der Waals surface area contributed by atoms with Gasteiger partial charge in [0.2, 0.25) is 5.91 Å². The van der Waals surface area contributed by atoms with E-state index in [0.717, 1.165) is 18.4 Å². The fraction of sp³-hybridized carbons (Fsp3) is 0.261. The zero-order valence-corrected chi connectivity index (χ0v) is 18.6. The lowest BCUT2D eigenvalue weighted by atomic mass is 9.95. The Hall–Kier alpha value is -3.46. The molecule has 168 valence electrons. The maximum atomic E-state index is 12.9. The average molecular weight is 457 g/mol. The third-order valence-corrected chi connectivity index (χ3v) is 6.94. The molecule has 1 fully saturated rings. The van der Waals surface area contributed by atoms with Gasteiger partial charge in [0.1, 0.15) is 22.2 Å². The van der Waals surface area contributed by atoms with E-state index in [9.17, 15) is 13.2 Å². The molecular weight excluding hydrogens is 432 g/mol. The predicted molar refractivity (Wildman–Crippen MR) is 118 cm³/mol. The number of furan rings is 1. The van der Waals surface area contributed by atoms with E-state index in [0.29, 0.717) is 23.7 Å². The molecule has 3 aromatic rings. The molecule has 1 saturated carbocycles. The number of amides is 1. The Morgan fingerprint density at radius 1 is 1.06 bits per heavy atom. The topological polar surface area (TPSA) is 107 Å². The third kappa shape index (κ3) is 4.29. The molecule has 2 aromatic carbocycles. The van der Waals surface area contributed by atoms with Crippen molar-refractivity contribution in [3.8, 4) is 11.5 Å². The molecule has 1 heterocycles. The van der Waals surface area contributed by atoms with Crippen molar-refractivity contribution in [1.82, 2.24) is 5.32 Å². The Balaban J connectivity index is 1.49.